The van der Waals surface area contributed by atoms with Gasteiger partial charge in [-0.15, -0.1) is 11.3 Å². The molecule has 1 aromatic heterocycles. The van der Waals surface area contributed by atoms with Crippen molar-refractivity contribution in [3.05, 3.63) is 46.6 Å². The minimum absolute atomic E-state index is 0.137. The minimum atomic E-state index is -3.81. The van der Waals surface area contributed by atoms with Crippen LogP contribution in [0.1, 0.15) is 21.6 Å². The highest BCUT2D eigenvalue weighted by atomic mass is 32.2. The average molecular weight is 326 g/mol. The zero-order chi connectivity index (χ0) is 15.5. The normalized spacial score (nSPS) is 11.3. The van der Waals surface area contributed by atoms with Gasteiger partial charge in [0.1, 0.15) is 0 Å². The molecule has 0 atom stereocenters. The first kappa shape index (κ1) is 15.6. The van der Waals surface area contributed by atoms with Crippen molar-refractivity contribution in [2.75, 3.05) is 7.11 Å². The van der Waals surface area contributed by atoms with Crippen molar-refractivity contribution < 1.29 is 17.9 Å². The van der Waals surface area contributed by atoms with Crippen LogP contribution in [-0.4, -0.2) is 26.5 Å². The quantitative estimate of drug-likeness (QED) is 0.846. The third kappa shape index (κ3) is 3.66. The van der Waals surface area contributed by atoms with Gasteiger partial charge in [0.25, 0.3) is 10.0 Å². The number of aromatic nitrogens is 1. The van der Waals surface area contributed by atoms with Crippen molar-refractivity contribution >= 4 is 27.3 Å². The van der Waals surface area contributed by atoms with E-state index in [1.54, 1.807) is 0 Å². The molecule has 0 fully saturated rings. The molecule has 0 unspecified atom stereocenters. The Bertz CT molecular complexity index is 753. The van der Waals surface area contributed by atoms with Gasteiger partial charge in [-0.3, -0.25) is 0 Å². The third-order valence-corrected chi connectivity index (χ3v) is 5.48. The van der Waals surface area contributed by atoms with Crippen molar-refractivity contribution in [2.45, 2.75) is 17.7 Å². The molecule has 21 heavy (non-hydrogen) atoms. The predicted molar refractivity (Wildman–Crippen MR) is 78.7 cm³/mol. The lowest BCUT2D eigenvalue weighted by atomic mass is 10.1. The monoisotopic (exact) mass is 326 g/mol. The number of methoxy groups -OCH3 is 1. The number of nitrogens with zero attached hydrogens (tertiary/aromatic N) is 1. The van der Waals surface area contributed by atoms with Gasteiger partial charge in [-0.1, -0.05) is 29.8 Å². The van der Waals surface area contributed by atoms with Gasteiger partial charge < -0.3 is 4.74 Å². The van der Waals surface area contributed by atoms with Gasteiger partial charge in [-0.05, 0) is 12.5 Å². The molecule has 1 heterocycles. The molecule has 0 aliphatic rings. The summed E-state index contributed by atoms with van der Waals surface area (Å²) < 4.78 is 31.3. The summed E-state index contributed by atoms with van der Waals surface area (Å²) in [5.74, 6) is -0.771. The summed E-state index contributed by atoms with van der Waals surface area (Å²) in [5, 5.41) is 0. The third-order valence-electron chi connectivity index (χ3n) is 2.71. The summed E-state index contributed by atoms with van der Waals surface area (Å²) >= 11 is 0.876. The Morgan fingerprint density at radius 1 is 1.43 bits per heavy atom. The van der Waals surface area contributed by atoms with E-state index >= 15 is 0 Å². The first-order valence-corrected chi connectivity index (χ1v) is 8.37. The summed E-state index contributed by atoms with van der Waals surface area (Å²) in [6.07, 6.45) is 0. The van der Waals surface area contributed by atoms with Gasteiger partial charge in [-0.25, -0.2) is 22.9 Å². The van der Waals surface area contributed by atoms with E-state index in [9.17, 15) is 13.2 Å². The fraction of sp³-hybridized carbons (Fsp3) is 0.231. The Hall–Kier alpha value is -1.77. The number of aryl methyl sites for hydroxylation is 1. The molecular formula is C13H14N2O4S2. The van der Waals surface area contributed by atoms with Crippen LogP contribution in [0.5, 0.6) is 0 Å². The Balaban J connectivity index is 2.19. The summed E-state index contributed by atoms with van der Waals surface area (Å²) in [5.41, 5.74) is 2.98. The Kier molecular flexibility index (Phi) is 4.71. The van der Waals surface area contributed by atoms with Gasteiger partial charge in [0.05, 0.1) is 12.6 Å². The van der Waals surface area contributed by atoms with E-state index in [2.05, 4.69) is 14.4 Å². The van der Waals surface area contributed by atoms with Crippen LogP contribution in [0.15, 0.2) is 34.0 Å². The number of hydrogen-bond donors (Lipinski definition) is 1. The van der Waals surface area contributed by atoms with E-state index in [1.807, 2.05) is 31.2 Å². The molecule has 8 heteroatoms. The molecule has 2 aromatic rings. The lowest BCUT2D eigenvalue weighted by molar-refractivity contribution is 0.0590. The number of benzene rings is 1. The van der Waals surface area contributed by atoms with Gasteiger partial charge in [0, 0.05) is 6.54 Å². The Morgan fingerprint density at radius 2 is 2.19 bits per heavy atom. The van der Waals surface area contributed by atoms with Crippen LogP contribution >= 0.6 is 11.3 Å². The molecular weight excluding hydrogens is 312 g/mol. The van der Waals surface area contributed by atoms with Crippen molar-refractivity contribution in [1.29, 1.82) is 0 Å². The zero-order valence-electron chi connectivity index (χ0n) is 11.5. The standard InChI is InChI=1S/C13H14N2O4S2/c1-9-4-3-5-10(6-9)7-15-21(17,18)13-11(12(16)19-2)14-8-20-13/h3-6,8,15H,7H2,1-2H3. The molecule has 0 radical (unpaired) electrons. The first-order chi connectivity index (χ1) is 9.94. The number of thiazole rings is 1. The minimum Gasteiger partial charge on any atom is -0.464 e. The highest BCUT2D eigenvalue weighted by molar-refractivity contribution is 7.91. The van der Waals surface area contributed by atoms with Crippen molar-refractivity contribution in [1.82, 2.24) is 9.71 Å². The molecule has 0 bridgehead atoms. The molecule has 0 saturated heterocycles. The molecule has 0 aliphatic carbocycles. The summed E-state index contributed by atoms with van der Waals surface area (Å²) in [4.78, 5) is 15.2. The van der Waals surface area contributed by atoms with Gasteiger partial charge in [-0.2, -0.15) is 0 Å². The number of nitrogens with one attached hydrogen (secondary N) is 1. The second-order valence-corrected chi connectivity index (χ2v) is 7.11. The average Bonchev–Trinajstić information content (AvgIpc) is 2.95. The molecule has 0 saturated carbocycles. The highest BCUT2D eigenvalue weighted by Crippen LogP contribution is 2.20. The van der Waals surface area contributed by atoms with Crippen molar-refractivity contribution in [3.8, 4) is 0 Å². The van der Waals surface area contributed by atoms with E-state index in [4.69, 9.17) is 0 Å². The Morgan fingerprint density at radius 3 is 2.86 bits per heavy atom. The molecule has 1 aromatic carbocycles. The Labute approximate surface area is 126 Å². The van der Waals surface area contributed by atoms with Crippen LogP contribution < -0.4 is 4.72 Å². The van der Waals surface area contributed by atoms with E-state index in [-0.39, 0.29) is 16.4 Å². The zero-order valence-corrected chi connectivity index (χ0v) is 13.1. The number of ether oxygens (including phenoxy) is 1. The molecule has 112 valence electrons. The van der Waals surface area contributed by atoms with E-state index in [1.165, 1.54) is 12.6 Å². The number of esters is 1. The second kappa shape index (κ2) is 6.33. The molecule has 1 N–H and O–H groups in total. The number of sulfonamides is 1. The molecule has 0 spiro atoms. The maximum Gasteiger partial charge on any atom is 0.358 e. The second-order valence-electron chi connectivity index (χ2n) is 4.29. The summed E-state index contributed by atoms with van der Waals surface area (Å²) in [6.45, 7) is 2.07. The predicted octanol–water partition coefficient (Wildman–Crippen LogP) is 1.72. The van der Waals surface area contributed by atoms with Crippen molar-refractivity contribution in [3.63, 3.8) is 0 Å². The first-order valence-electron chi connectivity index (χ1n) is 6.01. The van der Waals surface area contributed by atoms with Crippen LogP contribution in [-0.2, 0) is 21.3 Å². The van der Waals surface area contributed by atoms with Crippen LogP contribution in [0.2, 0.25) is 0 Å². The number of hydrogen-bond acceptors (Lipinski definition) is 6. The fourth-order valence-corrected chi connectivity index (χ4v) is 3.92. The smallest absolute Gasteiger partial charge is 0.358 e. The number of carbonyl (C=O) groups excluding carboxylic acids is 1. The molecule has 6 nitrogen and oxygen atoms in total. The summed E-state index contributed by atoms with van der Waals surface area (Å²) in [6, 6.07) is 7.49. The van der Waals surface area contributed by atoms with Crippen LogP contribution in [0, 0.1) is 6.92 Å². The fourth-order valence-electron chi connectivity index (χ4n) is 1.72. The highest BCUT2D eigenvalue weighted by Gasteiger charge is 2.26. The topological polar surface area (TPSA) is 85.4 Å². The number of rotatable bonds is 5. The van der Waals surface area contributed by atoms with Crippen LogP contribution in [0.25, 0.3) is 0 Å². The maximum atomic E-state index is 12.2. The van der Waals surface area contributed by atoms with E-state index in [0.29, 0.717) is 0 Å². The van der Waals surface area contributed by atoms with Gasteiger partial charge >= 0.3 is 5.97 Å². The number of carbonyl (C=O) groups is 1. The molecule has 0 aliphatic heterocycles. The summed E-state index contributed by atoms with van der Waals surface area (Å²) in [7, 11) is -2.63. The molecule has 2 rings (SSSR count). The molecule has 0 amide bonds. The van der Waals surface area contributed by atoms with Crippen molar-refractivity contribution in [2.24, 2.45) is 0 Å². The van der Waals surface area contributed by atoms with Crippen LogP contribution in [0.4, 0.5) is 0 Å². The lowest BCUT2D eigenvalue weighted by Crippen LogP contribution is -2.24. The lowest BCUT2D eigenvalue weighted by Gasteiger charge is -2.06. The van der Waals surface area contributed by atoms with E-state index in [0.717, 1.165) is 22.5 Å². The van der Waals surface area contributed by atoms with E-state index < -0.39 is 16.0 Å². The SMILES string of the molecule is COC(=O)c1ncsc1S(=O)(=O)NCc1cccc(C)c1. The largest absolute Gasteiger partial charge is 0.464 e. The van der Waals surface area contributed by atoms with Crippen LogP contribution in [0.3, 0.4) is 0 Å². The van der Waals surface area contributed by atoms with Gasteiger partial charge in [0.2, 0.25) is 0 Å². The van der Waals surface area contributed by atoms with Gasteiger partial charge in [0.15, 0.2) is 9.90 Å². The maximum absolute atomic E-state index is 12.2.